The van der Waals surface area contributed by atoms with Crippen LogP contribution in [0.3, 0.4) is 0 Å². The molecule has 0 aliphatic heterocycles. The molecule has 0 saturated heterocycles. The van der Waals surface area contributed by atoms with E-state index in [9.17, 15) is 9.59 Å². The van der Waals surface area contributed by atoms with Crippen LogP contribution in [0.15, 0.2) is 48.8 Å². The number of hydrogen-bond donors (Lipinski definition) is 4. The van der Waals surface area contributed by atoms with Crippen LogP contribution in [0.5, 0.6) is 0 Å². The van der Waals surface area contributed by atoms with Gasteiger partial charge in [-0.2, -0.15) is 0 Å². The van der Waals surface area contributed by atoms with Crippen molar-refractivity contribution in [1.82, 2.24) is 15.3 Å². The molecule has 2 amide bonds. The van der Waals surface area contributed by atoms with E-state index in [2.05, 4.69) is 25.9 Å². The van der Waals surface area contributed by atoms with Gasteiger partial charge in [0.15, 0.2) is 0 Å². The third-order valence-electron chi connectivity index (χ3n) is 4.59. The lowest BCUT2D eigenvalue weighted by molar-refractivity contribution is -0.137. The second-order valence-corrected chi connectivity index (χ2v) is 6.98. The minimum absolute atomic E-state index is 0.0260. The number of nitrogens with zero attached hydrogens (tertiary/aromatic N) is 1. The number of halogens is 1. The molecule has 0 unspecified atom stereocenters. The molecule has 1 aliphatic carbocycles. The van der Waals surface area contributed by atoms with E-state index in [4.69, 9.17) is 11.6 Å². The number of hydrogen-bond acceptors (Lipinski definition) is 4. The van der Waals surface area contributed by atoms with Crippen molar-refractivity contribution in [2.45, 2.75) is 24.9 Å². The lowest BCUT2D eigenvalue weighted by atomic mass is 9.86. The Hall–Kier alpha value is -3.06. The quantitative estimate of drug-likeness (QED) is 0.520. The zero-order valence-electron chi connectivity index (χ0n) is 14.3. The van der Waals surface area contributed by atoms with E-state index in [0.717, 1.165) is 29.6 Å². The average molecular weight is 384 g/mol. The molecule has 1 aromatic carbocycles. The van der Waals surface area contributed by atoms with Crippen LogP contribution in [0.25, 0.3) is 10.9 Å². The number of fused-ring (bicyclic) bond motifs is 1. The number of carbonyl (C=O) groups is 2. The standard InChI is InChI=1S/C19H18ClN5O2/c20-11-4-5-15-14(7-11)16(10-22-15)25-19(27)18(26)24-13-8-12(9-13)23-17-3-1-2-6-21-17/h1-7,10,12-13,22H,8-9H2,(H,21,23)(H,24,26)(H,25,27)/t12-,13-. The van der Waals surface area contributed by atoms with Gasteiger partial charge in [-0.15, -0.1) is 0 Å². The van der Waals surface area contributed by atoms with Gasteiger partial charge in [0.25, 0.3) is 0 Å². The van der Waals surface area contributed by atoms with Crippen molar-refractivity contribution < 1.29 is 9.59 Å². The predicted octanol–water partition coefficient (Wildman–Crippen LogP) is 2.91. The second-order valence-electron chi connectivity index (χ2n) is 6.54. The van der Waals surface area contributed by atoms with Gasteiger partial charge in [-0.05, 0) is 43.2 Å². The van der Waals surface area contributed by atoms with Gasteiger partial charge in [0, 0.05) is 40.4 Å². The van der Waals surface area contributed by atoms with E-state index in [0.29, 0.717) is 10.7 Å². The zero-order valence-corrected chi connectivity index (χ0v) is 15.1. The van der Waals surface area contributed by atoms with Crippen molar-refractivity contribution in [3.63, 3.8) is 0 Å². The highest BCUT2D eigenvalue weighted by molar-refractivity contribution is 6.40. The molecule has 1 aliphatic rings. The summed E-state index contributed by atoms with van der Waals surface area (Å²) < 4.78 is 0. The Balaban J connectivity index is 1.29. The average Bonchev–Trinajstić information content (AvgIpc) is 3.02. The summed E-state index contributed by atoms with van der Waals surface area (Å²) >= 11 is 6.00. The van der Waals surface area contributed by atoms with Gasteiger partial charge < -0.3 is 20.9 Å². The fourth-order valence-corrected chi connectivity index (χ4v) is 3.31. The third-order valence-corrected chi connectivity index (χ3v) is 4.82. The number of nitrogens with one attached hydrogen (secondary N) is 4. The molecule has 4 rings (SSSR count). The molecule has 7 nitrogen and oxygen atoms in total. The molecule has 8 heteroatoms. The summed E-state index contributed by atoms with van der Waals surface area (Å²) in [5, 5.41) is 9.99. The van der Waals surface area contributed by atoms with Crippen molar-refractivity contribution in [1.29, 1.82) is 0 Å². The Morgan fingerprint density at radius 2 is 1.96 bits per heavy atom. The summed E-state index contributed by atoms with van der Waals surface area (Å²) in [6.07, 6.45) is 4.86. The number of pyridine rings is 1. The molecule has 27 heavy (non-hydrogen) atoms. The van der Waals surface area contributed by atoms with Crippen molar-refractivity contribution in [3.05, 3.63) is 53.8 Å². The van der Waals surface area contributed by atoms with Crippen LogP contribution in [-0.2, 0) is 9.59 Å². The minimum atomic E-state index is -0.697. The molecule has 0 radical (unpaired) electrons. The zero-order chi connectivity index (χ0) is 18.8. The van der Waals surface area contributed by atoms with Crippen molar-refractivity contribution in [2.75, 3.05) is 10.6 Å². The first-order valence-corrected chi connectivity index (χ1v) is 9.02. The van der Waals surface area contributed by atoms with Gasteiger partial charge >= 0.3 is 11.8 Å². The van der Waals surface area contributed by atoms with Crippen LogP contribution >= 0.6 is 11.6 Å². The topological polar surface area (TPSA) is 98.9 Å². The number of aromatic amines is 1. The predicted molar refractivity (Wildman–Crippen MR) is 105 cm³/mol. The van der Waals surface area contributed by atoms with Gasteiger partial charge in [0.1, 0.15) is 5.82 Å². The first-order valence-electron chi connectivity index (χ1n) is 8.64. The molecule has 1 saturated carbocycles. The molecule has 138 valence electrons. The maximum absolute atomic E-state index is 12.2. The first-order chi connectivity index (χ1) is 13.1. The van der Waals surface area contributed by atoms with E-state index < -0.39 is 11.8 Å². The largest absolute Gasteiger partial charge is 0.367 e. The van der Waals surface area contributed by atoms with Crippen LogP contribution in [0.4, 0.5) is 11.5 Å². The molecule has 1 fully saturated rings. The summed E-state index contributed by atoms with van der Waals surface area (Å²) in [5.41, 5.74) is 1.36. The number of benzene rings is 1. The van der Waals surface area contributed by atoms with E-state index in [1.807, 2.05) is 24.3 Å². The Kier molecular flexibility index (Phi) is 4.68. The molecular weight excluding hydrogens is 366 g/mol. The van der Waals surface area contributed by atoms with Gasteiger partial charge in [0.05, 0.1) is 5.69 Å². The number of aromatic nitrogens is 2. The minimum Gasteiger partial charge on any atom is -0.367 e. The highest BCUT2D eigenvalue weighted by Gasteiger charge is 2.32. The van der Waals surface area contributed by atoms with Crippen LogP contribution in [-0.4, -0.2) is 33.9 Å². The summed E-state index contributed by atoms with van der Waals surface area (Å²) in [6.45, 7) is 0. The van der Waals surface area contributed by atoms with Gasteiger partial charge in [0.2, 0.25) is 0 Å². The molecule has 2 heterocycles. The van der Waals surface area contributed by atoms with E-state index in [1.165, 1.54) is 0 Å². The van der Waals surface area contributed by atoms with Crippen LogP contribution in [0.1, 0.15) is 12.8 Å². The molecule has 3 aromatic rings. The maximum atomic E-state index is 12.2. The summed E-state index contributed by atoms with van der Waals surface area (Å²) in [4.78, 5) is 31.6. The second kappa shape index (κ2) is 7.28. The van der Waals surface area contributed by atoms with Gasteiger partial charge in [-0.3, -0.25) is 9.59 Å². The normalized spacial score (nSPS) is 18.6. The van der Waals surface area contributed by atoms with E-state index in [1.54, 1.807) is 24.5 Å². The van der Waals surface area contributed by atoms with Crippen LogP contribution in [0, 0.1) is 0 Å². The van der Waals surface area contributed by atoms with Crippen LogP contribution in [0.2, 0.25) is 5.02 Å². The number of carbonyl (C=O) groups excluding carboxylic acids is 2. The molecule has 2 aromatic heterocycles. The van der Waals surface area contributed by atoms with Crippen molar-refractivity contribution >= 4 is 45.8 Å². The van der Waals surface area contributed by atoms with Gasteiger partial charge in [-0.1, -0.05) is 17.7 Å². The molecule has 4 N–H and O–H groups in total. The molecule has 0 atom stereocenters. The fourth-order valence-electron chi connectivity index (χ4n) is 3.14. The SMILES string of the molecule is O=C(Nc1c[nH]c2ccc(Cl)cc12)C(=O)N[C@H]1C[C@H](Nc2ccccn2)C1. The lowest BCUT2D eigenvalue weighted by Crippen LogP contribution is -2.52. The highest BCUT2D eigenvalue weighted by atomic mass is 35.5. The van der Waals surface area contributed by atoms with Gasteiger partial charge in [-0.25, -0.2) is 4.98 Å². The maximum Gasteiger partial charge on any atom is 0.313 e. The van der Waals surface area contributed by atoms with E-state index in [-0.39, 0.29) is 12.1 Å². The summed E-state index contributed by atoms with van der Waals surface area (Å²) in [5.74, 6) is -0.535. The number of rotatable bonds is 4. The monoisotopic (exact) mass is 383 g/mol. The Morgan fingerprint density at radius 1 is 1.11 bits per heavy atom. The molecule has 0 spiro atoms. The summed E-state index contributed by atoms with van der Waals surface area (Å²) in [7, 11) is 0. The number of anilines is 2. The van der Waals surface area contributed by atoms with E-state index >= 15 is 0 Å². The Morgan fingerprint density at radius 3 is 2.74 bits per heavy atom. The first kappa shape index (κ1) is 17.4. The number of H-pyrrole nitrogens is 1. The van der Waals surface area contributed by atoms with Crippen molar-refractivity contribution in [2.24, 2.45) is 0 Å². The smallest absolute Gasteiger partial charge is 0.313 e. The Labute approximate surface area is 160 Å². The summed E-state index contributed by atoms with van der Waals surface area (Å²) in [6, 6.07) is 11.2. The molecule has 0 bridgehead atoms. The third kappa shape index (κ3) is 3.88. The lowest BCUT2D eigenvalue weighted by Gasteiger charge is -2.36. The highest BCUT2D eigenvalue weighted by Crippen LogP contribution is 2.26. The number of amides is 2. The van der Waals surface area contributed by atoms with Crippen molar-refractivity contribution in [3.8, 4) is 0 Å². The fraction of sp³-hybridized carbons (Fsp3) is 0.211. The Bertz CT molecular complexity index is 982. The molecular formula is C19H18ClN5O2. The van der Waals surface area contributed by atoms with Crippen LogP contribution < -0.4 is 16.0 Å².